The zero-order chi connectivity index (χ0) is 39.7. The van der Waals surface area contributed by atoms with Gasteiger partial charge in [0.15, 0.2) is 0 Å². The highest BCUT2D eigenvalue weighted by atomic mass is 32.1. The molecule has 0 radical (unpaired) electrons. The number of benzene rings is 8. The number of hydrogen-bond acceptors (Lipinski definition) is 3. The maximum absolute atomic E-state index is 5.54. The standard InChI is InChI=1S/C55H36N4S/c1-55(2)44-25-12-9-21-40(44)50-48(55)42-30-29-38-43-32-34(36-23-15-24-39-37-20-11-14-27-47(37)60-53(36)39)28-31-46(43)59(51(38)52(42)58(50)35-18-7-4-8-19-35)54-56-45-26-13-10-22-41(45)49(57-54)33-16-5-3-6-17-33/h3-32H,1-2H3. The van der Waals surface area contributed by atoms with Crippen molar-refractivity contribution in [3.8, 4) is 45.3 Å². The molecular weight excluding hydrogens is 749 g/mol. The number of para-hydroxylation sites is 2. The summed E-state index contributed by atoms with van der Waals surface area (Å²) < 4.78 is 7.49. The Morgan fingerprint density at radius 2 is 1.17 bits per heavy atom. The first kappa shape index (κ1) is 33.6. The molecule has 8 aromatic carbocycles. The van der Waals surface area contributed by atoms with Crippen molar-refractivity contribution in [2.45, 2.75) is 19.3 Å². The average molecular weight is 785 g/mol. The molecule has 282 valence electrons. The van der Waals surface area contributed by atoms with Gasteiger partial charge in [0.1, 0.15) is 0 Å². The van der Waals surface area contributed by atoms with Crippen LogP contribution in [0.5, 0.6) is 0 Å². The summed E-state index contributed by atoms with van der Waals surface area (Å²) in [5.74, 6) is 0.653. The lowest BCUT2D eigenvalue weighted by Gasteiger charge is -2.21. The summed E-state index contributed by atoms with van der Waals surface area (Å²) in [6, 6.07) is 66.0. The summed E-state index contributed by atoms with van der Waals surface area (Å²) in [5, 5.41) is 7.21. The predicted molar refractivity (Wildman–Crippen MR) is 252 cm³/mol. The molecule has 0 bridgehead atoms. The fourth-order valence-electron chi connectivity index (χ4n) is 10.3. The molecule has 1 aliphatic carbocycles. The van der Waals surface area contributed by atoms with Gasteiger partial charge in [0.2, 0.25) is 5.95 Å². The van der Waals surface area contributed by atoms with E-state index in [1.807, 2.05) is 11.3 Å². The van der Waals surface area contributed by atoms with Crippen molar-refractivity contribution in [3.63, 3.8) is 0 Å². The molecular formula is C55H36N4S. The van der Waals surface area contributed by atoms with Crippen molar-refractivity contribution in [3.05, 3.63) is 193 Å². The van der Waals surface area contributed by atoms with E-state index in [0.717, 1.165) is 44.4 Å². The first-order chi connectivity index (χ1) is 29.5. The Kier molecular flexibility index (Phi) is 6.91. The lowest BCUT2D eigenvalue weighted by atomic mass is 9.81. The van der Waals surface area contributed by atoms with Gasteiger partial charge in [-0.15, -0.1) is 11.3 Å². The SMILES string of the molecule is CC1(C)c2ccccc2-c2c1c1ccc3c4cc(-c5cccc6c5sc5ccccc56)ccc4n(-c4nc(-c5ccccc5)c5ccccc5n4)c3c1n2-c1ccccc1. The van der Waals surface area contributed by atoms with Gasteiger partial charge in [0.25, 0.3) is 0 Å². The van der Waals surface area contributed by atoms with Gasteiger partial charge in [-0.05, 0) is 58.7 Å². The molecule has 60 heavy (non-hydrogen) atoms. The zero-order valence-electron chi connectivity index (χ0n) is 33.0. The third-order valence-corrected chi connectivity index (χ3v) is 14.1. The Morgan fingerprint density at radius 3 is 2.03 bits per heavy atom. The Balaban J connectivity index is 1.20. The Bertz CT molecular complexity index is 3740. The summed E-state index contributed by atoms with van der Waals surface area (Å²) in [7, 11) is 0. The van der Waals surface area contributed by atoms with E-state index in [2.05, 4.69) is 205 Å². The molecule has 0 atom stereocenters. The van der Waals surface area contributed by atoms with Crippen LogP contribution in [0, 0.1) is 0 Å². The topological polar surface area (TPSA) is 35.6 Å². The highest BCUT2D eigenvalue weighted by molar-refractivity contribution is 7.26. The molecule has 0 fully saturated rings. The monoisotopic (exact) mass is 784 g/mol. The van der Waals surface area contributed by atoms with Gasteiger partial charge >= 0.3 is 0 Å². The maximum Gasteiger partial charge on any atom is 0.235 e. The van der Waals surface area contributed by atoms with Crippen molar-refractivity contribution in [2.75, 3.05) is 0 Å². The summed E-state index contributed by atoms with van der Waals surface area (Å²) >= 11 is 1.88. The molecule has 0 unspecified atom stereocenters. The number of aromatic nitrogens is 4. The number of thiophene rings is 1. The van der Waals surface area contributed by atoms with Gasteiger partial charge in [0.05, 0.1) is 33.5 Å². The normalized spacial score (nSPS) is 13.3. The van der Waals surface area contributed by atoms with Crippen LogP contribution in [0.15, 0.2) is 182 Å². The van der Waals surface area contributed by atoms with Gasteiger partial charge in [-0.25, -0.2) is 9.97 Å². The number of nitrogens with zero attached hydrogens (tertiary/aromatic N) is 4. The van der Waals surface area contributed by atoms with E-state index in [-0.39, 0.29) is 5.41 Å². The molecule has 12 aromatic rings. The van der Waals surface area contributed by atoms with Crippen molar-refractivity contribution in [1.82, 2.24) is 19.1 Å². The second-order valence-corrected chi connectivity index (χ2v) is 17.6. The van der Waals surface area contributed by atoms with Crippen molar-refractivity contribution in [2.24, 2.45) is 0 Å². The summed E-state index contributed by atoms with van der Waals surface area (Å²) in [4.78, 5) is 11.0. The van der Waals surface area contributed by atoms with Gasteiger partial charge in [-0.3, -0.25) is 4.57 Å². The summed E-state index contributed by atoms with van der Waals surface area (Å²) in [5.41, 5.74) is 14.8. The van der Waals surface area contributed by atoms with Crippen LogP contribution in [0.25, 0.3) is 109 Å². The molecule has 13 rings (SSSR count). The molecule has 0 aliphatic heterocycles. The van der Waals surface area contributed by atoms with Crippen LogP contribution < -0.4 is 0 Å². The van der Waals surface area contributed by atoms with E-state index in [1.54, 1.807) is 0 Å². The van der Waals surface area contributed by atoms with Crippen molar-refractivity contribution < 1.29 is 0 Å². The van der Waals surface area contributed by atoms with E-state index in [0.29, 0.717) is 5.95 Å². The Labute approximate surface area is 350 Å². The highest BCUT2D eigenvalue weighted by Gasteiger charge is 2.41. The fourth-order valence-corrected chi connectivity index (χ4v) is 11.5. The molecule has 0 saturated heterocycles. The van der Waals surface area contributed by atoms with Crippen LogP contribution in [0.3, 0.4) is 0 Å². The molecule has 1 aliphatic rings. The Hall–Kier alpha value is -7.34. The van der Waals surface area contributed by atoms with Crippen LogP contribution in [-0.2, 0) is 5.41 Å². The first-order valence-corrected chi connectivity index (χ1v) is 21.4. The quantitative estimate of drug-likeness (QED) is 0.178. The third kappa shape index (κ3) is 4.55. The minimum Gasteiger partial charge on any atom is -0.307 e. The molecule has 4 heterocycles. The smallest absolute Gasteiger partial charge is 0.235 e. The molecule has 4 nitrogen and oxygen atoms in total. The van der Waals surface area contributed by atoms with E-state index < -0.39 is 0 Å². The van der Waals surface area contributed by atoms with Gasteiger partial charge in [-0.2, -0.15) is 0 Å². The Morgan fingerprint density at radius 1 is 0.483 bits per heavy atom. The lowest BCUT2D eigenvalue weighted by Crippen LogP contribution is -2.14. The maximum atomic E-state index is 5.54. The van der Waals surface area contributed by atoms with E-state index >= 15 is 0 Å². The average Bonchev–Trinajstić information content (AvgIpc) is 4.02. The second kappa shape index (κ2) is 12.3. The zero-order valence-corrected chi connectivity index (χ0v) is 33.8. The third-order valence-electron chi connectivity index (χ3n) is 12.9. The molecule has 5 heteroatoms. The van der Waals surface area contributed by atoms with Crippen LogP contribution in [-0.4, -0.2) is 19.1 Å². The first-order valence-electron chi connectivity index (χ1n) is 20.6. The summed E-state index contributed by atoms with van der Waals surface area (Å²) in [6.07, 6.45) is 0. The van der Waals surface area contributed by atoms with E-state index in [1.165, 1.54) is 69.8 Å². The molecule has 0 amide bonds. The highest BCUT2D eigenvalue weighted by Crippen LogP contribution is 2.55. The van der Waals surface area contributed by atoms with E-state index in [4.69, 9.17) is 9.97 Å². The lowest BCUT2D eigenvalue weighted by molar-refractivity contribution is 0.666. The van der Waals surface area contributed by atoms with Crippen LogP contribution in [0.1, 0.15) is 25.0 Å². The van der Waals surface area contributed by atoms with Crippen LogP contribution in [0.2, 0.25) is 0 Å². The molecule has 0 spiro atoms. The predicted octanol–water partition coefficient (Wildman–Crippen LogP) is 14.7. The molecule has 0 N–H and O–H groups in total. The van der Waals surface area contributed by atoms with Gasteiger partial charge < -0.3 is 4.57 Å². The second-order valence-electron chi connectivity index (χ2n) is 16.5. The molecule has 4 aromatic heterocycles. The number of rotatable bonds is 4. The molecule has 0 saturated carbocycles. The fraction of sp³-hybridized carbons (Fsp3) is 0.0545. The van der Waals surface area contributed by atoms with Crippen LogP contribution >= 0.6 is 11.3 Å². The van der Waals surface area contributed by atoms with Crippen molar-refractivity contribution in [1.29, 1.82) is 0 Å². The number of hydrogen-bond donors (Lipinski definition) is 0. The summed E-state index contributed by atoms with van der Waals surface area (Å²) in [6.45, 7) is 4.76. The number of fused-ring (bicyclic) bond motifs is 13. The van der Waals surface area contributed by atoms with Gasteiger partial charge in [-0.1, -0.05) is 159 Å². The van der Waals surface area contributed by atoms with Gasteiger partial charge in [0, 0.05) is 63.9 Å². The van der Waals surface area contributed by atoms with E-state index in [9.17, 15) is 0 Å². The largest absolute Gasteiger partial charge is 0.307 e. The van der Waals surface area contributed by atoms with Crippen LogP contribution in [0.4, 0.5) is 0 Å². The van der Waals surface area contributed by atoms with Crippen molar-refractivity contribution >= 4 is 75.1 Å². The minimum atomic E-state index is -0.218. The minimum absolute atomic E-state index is 0.218.